The molecule has 0 fully saturated rings. The average Bonchev–Trinajstić information content (AvgIpc) is 2.26. The Hall–Kier alpha value is -1.22. The van der Waals surface area contributed by atoms with Crippen LogP contribution in [-0.2, 0) is 0 Å². The summed E-state index contributed by atoms with van der Waals surface area (Å²) >= 11 is 0. The van der Waals surface area contributed by atoms with Crippen molar-refractivity contribution in [3.63, 3.8) is 0 Å². The first-order valence-electron chi connectivity index (χ1n) is 5.64. The predicted octanol–water partition coefficient (Wildman–Crippen LogP) is 4.33. The van der Waals surface area contributed by atoms with Gasteiger partial charge in [-0.25, -0.2) is 0 Å². The van der Waals surface area contributed by atoms with Crippen LogP contribution in [0.15, 0.2) is 24.3 Å². The molecule has 0 aromatic heterocycles. The normalized spacial score (nSPS) is 12.1. The van der Waals surface area contributed by atoms with Crippen molar-refractivity contribution in [1.29, 1.82) is 0 Å². The van der Waals surface area contributed by atoms with Crippen molar-refractivity contribution in [3.8, 4) is 11.8 Å². The van der Waals surface area contributed by atoms with Gasteiger partial charge in [0, 0.05) is 6.42 Å². The lowest BCUT2D eigenvalue weighted by Crippen LogP contribution is -1.93. The third-order valence-corrected chi connectivity index (χ3v) is 2.76. The van der Waals surface area contributed by atoms with E-state index in [1.165, 1.54) is 11.1 Å². The lowest BCUT2D eigenvalue weighted by molar-refractivity contribution is 0.791. The Balaban J connectivity index is 2.73. The van der Waals surface area contributed by atoms with Crippen LogP contribution in [0.5, 0.6) is 0 Å². The molecule has 0 amide bonds. The van der Waals surface area contributed by atoms with Gasteiger partial charge in [0.15, 0.2) is 0 Å². The Labute approximate surface area is 93.7 Å². The molecule has 0 heterocycles. The first-order valence-corrected chi connectivity index (χ1v) is 5.64. The fourth-order valence-electron chi connectivity index (χ4n) is 1.58. The van der Waals surface area contributed by atoms with Gasteiger partial charge < -0.3 is 0 Å². The van der Waals surface area contributed by atoms with Gasteiger partial charge in [-0.05, 0) is 29.9 Å². The van der Waals surface area contributed by atoms with Crippen LogP contribution in [0.3, 0.4) is 0 Å². The maximum absolute atomic E-state index is 3.13. The molecule has 0 aliphatic carbocycles. The minimum Gasteiger partial charge on any atom is -0.107 e. The van der Waals surface area contributed by atoms with Gasteiger partial charge in [-0.1, -0.05) is 45.0 Å². The Bertz CT molecular complexity index is 346. The van der Waals surface area contributed by atoms with Crippen LogP contribution >= 0.6 is 0 Å². The molecule has 80 valence electrons. The summed E-state index contributed by atoms with van der Waals surface area (Å²) in [5.74, 6) is 7.24. The van der Waals surface area contributed by atoms with Gasteiger partial charge in [0.05, 0.1) is 0 Å². The van der Waals surface area contributed by atoms with Crippen LogP contribution in [0.4, 0.5) is 0 Å². The molecule has 0 nitrogen and oxygen atoms in total. The number of benzene rings is 1. The summed E-state index contributed by atoms with van der Waals surface area (Å²) in [7, 11) is 0. The van der Waals surface area contributed by atoms with Gasteiger partial charge in [0.2, 0.25) is 0 Å². The Morgan fingerprint density at radius 2 is 1.53 bits per heavy atom. The maximum Gasteiger partial charge on any atom is 0.0155 e. The van der Waals surface area contributed by atoms with Crippen molar-refractivity contribution >= 4 is 0 Å². The number of hydrogen-bond donors (Lipinski definition) is 0. The maximum atomic E-state index is 3.13. The summed E-state index contributed by atoms with van der Waals surface area (Å²) in [6, 6.07) is 8.93. The third-order valence-electron chi connectivity index (χ3n) is 2.76. The lowest BCUT2D eigenvalue weighted by Gasteiger charge is -2.10. The van der Waals surface area contributed by atoms with Crippen LogP contribution in [0.25, 0.3) is 0 Å². The minimum atomic E-state index is 0.540. The first kappa shape index (κ1) is 11.9. The molecular formula is C15H20. The topological polar surface area (TPSA) is 0 Å². The van der Waals surface area contributed by atoms with Gasteiger partial charge in [0.1, 0.15) is 0 Å². The highest BCUT2D eigenvalue weighted by atomic mass is 14.1. The molecule has 1 rings (SSSR count). The van der Waals surface area contributed by atoms with Crippen LogP contribution in [0.2, 0.25) is 0 Å². The van der Waals surface area contributed by atoms with E-state index in [1.807, 2.05) is 6.92 Å². The molecular weight excluding hydrogens is 180 g/mol. The lowest BCUT2D eigenvalue weighted by atomic mass is 9.94. The smallest absolute Gasteiger partial charge is 0.0155 e. The van der Waals surface area contributed by atoms with Crippen molar-refractivity contribution < 1.29 is 0 Å². The van der Waals surface area contributed by atoms with Gasteiger partial charge in [-0.15, -0.1) is 11.8 Å². The minimum absolute atomic E-state index is 0.540. The standard InChI is InChI=1S/C15H20/c1-5-6-7-13(4)15-10-8-14(9-11-15)12(2)3/h8-13H,7H2,1-4H3. The van der Waals surface area contributed by atoms with E-state index in [0.717, 1.165) is 6.42 Å². The summed E-state index contributed by atoms with van der Waals surface area (Å²) in [6.07, 6.45) is 0.956. The molecule has 0 saturated carbocycles. The zero-order chi connectivity index (χ0) is 11.3. The average molecular weight is 200 g/mol. The fraction of sp³-hybridized carbons (Fsp3) is 0.467. The van der Waals surface area contributed by atoms with E-state index in [1.54, 1.807) is 0 Å². The third kappa shape index (κ3) is 3.44. The number of hydrogen-bond acceptors (Lipinski definition) is 0. The monoisotopic (exact) mass is 200 g/mol. The van der Waals surface area contributed by atoms with Gasteiger partial charge in [-0.3, -0.25) is 0 Å². The highest BCUT2D eigenvalue weighted by Gasteiger charge is 2.04. The van der Waals surface area contributed by atoms with E-state index in [0.29, 0.717) is 11.8 Å². The molecule has 0 spiro atoms. The summed E-state index contributed by atoms with van der Waals surface area (Å²) in [5.41, 5.74) is 2.80. The van der Waals surface area contributed by atoms with Crippen molar-refractivity contribution in [1.82, 2.24) is 0 Å². The summed E-state index contributed by atoms with van der Waals surface area (Å²) in [6.45, 7) is 8.57. The molecule has 0 saturated heterocycles. The fourth-order valence-corrected chi connectivity index (χ4v) is 1.58. The molecule has 1 aromatic rings. The molecule has 0 aliphatic heterocycles. The van der Waals surface area contributed by atoms with Crippen molar-refractivity contribution in [2.75, 3.05) is 0 Å². The molecule has 15 heavy (non-hydrogen) atoms. The van der Waals surface area contributed by atoms with Gasteiger partial charge in [-0.2, -0.15) is 0 Å². The molecule has 0 N–H and O–H groups in total. The quantitative estimate of drug-likeness (QED) is 0.637. The molecule has 1 atom stereocenters. The Morgan fingerprint density at radius 1 is 1.00 bits per heavy atom. The van der Waals surface area contributed by atoms with Crippen LogP contribution in [0.1, 0.15) is 57.1 Å². The Morgan fingerprint density at radius 3 is 2.00 bits per heavy atom. The first-order chi connectivity index (χ1) is 7.15. The SMILES string of the molecule is CC#CCC(C)c1ccc(C(C)C)cc1. The van der Waals surface area contributed by atoms with Gasteiger partial charge >= 0.3 is 0 Å². The molecule has 1 aromatic carbocycles. The highest BCUT2D eigenvalue weighted by Crippen LogP contribution is 2.21. The summed E-state index contributed by atoms with van der Waals surface area (Å²) in [5, 5.41) is 0. The van der Waals surface area contributed by atoms with Crippen LogP contribution in [0, 0.1) is 11.8 Å². The summed E-state index contributed by atoms with van der Waals surface area (Å²) < 4.78 is 0. The zero-order valence-electron chi connectivity index (χ0n) is 10.2. The van der Waals surface area contributed by atoms with E-state index < -0.39 is 0 Å². The number of rotatable bonds is 3. The molecule has 0 heteroatoms. The van der Waals surface area contributed by atoms with Gasteiger partial charge in [0.25, 0.3) is 0 Å². The van der Waals surface area contributed by atoms with E-state index in [2.05, 4.69) is 56.9 Å². The second kappa shape index (κ2) is 5.61. The van der Waals surface area contributed by atoms with Crippen molar-refractivity contribution in [2.24, 2.45) is 0 Å². The molecule has 1 unspecified atom stereocenters. The van der Waals surface area contributed by atoms with Crippen molar-refractivity contribution in [2.45, 2.75) is 46.0 Å². The van der Waals surface area contributed by atoms with E-state index in [-0.39, 0.29) is 0 Å². The van der Waals surface area contributed by atoms with Crippen molar-refractivity contribution in [3.05, 3.63) is 35.4 Å². The summed E-state index contributed by atoms with van der Waals surface area (Å²) in [4.78, 5) is 0. The Kier molecular flexibility index (Phi) is 4.43. The molecule has 0 aliphatic rings. The predicted molar refractivity (Wildman–Crippen MR) is 67.0 cm³/mol. The zero-order valence-corrected chi connectivity index (χ0v) is 10.2. The second-order valence-electron chi connectivity index (χ2n) is 4.35. The van der Waals surface area contributed by atoms with E-state index in [9.17, 15) is 0 Å². The van der Waals surface area contributed by atoms with Crippen LogP contribution in [-0.4, -0.2) is 0 Å². The largest absolute Gasteiger partial charge is 0.107 e. The molecule has 0 radical (unpaired) electrons. The molecule has 0 bridgehead atoms. The van der Waals surface area contributed by atoms with Crippen LogP contribution < -0.4 is 0 Å². The van der Waals surface area contributed by atoms with E-state index >= 15 is 0 Å². The second-order valence-corrected chi connectivity index (χ2v) is 4.35. The highest BCUT2D eigenvalue weighted by molar-refractivity contribution is 5.27. The van der Waals surface area contributed by atoms with E-state index in [4.69, 9.17) is 0 Å².